The van der Waals surface area contributed by atoms with Crippen molar-refractivity contribution in [3.63, 3.8) is 0 Å². The van der Waals surface area contributed by atoms with Gasteiger partial charge in [-0.15, -0.1) is 12.4 Å². The Hall–Kier alpha value is -0.320. The average molecular weight is 195 g/mol. The number of rotatable bonds is 2. The zero-order valence-corrected chi connectivity index (χ0v) is 7.88. The van der Waals surface area contributed by atoms with Gasteiger partial charge in [0.15, 0.2) is 0 Å². The highest BCUT2D eigenvalue weighted by Gasteiger charge is 2.24. The van der Waals surface area contributed by atoms with Gasteiger partial charge >= 0.3 is 0 Å². The Morgan fingerprint density at radius 1 is 1.67 bits per heavy atom. The van der Waals surface area contributed by atoms with E-state index in [1.807, 2.05) is 11.9 Å². The molecule has 0 aromatic carbocycles. The van der Waals surface area contributed by atoms with E-state index in [9.17, 15) is 9.90 Å². The first-order chi connectivity index (χ1) is 5.24. The highest BCUT2D eigenvalue weighted by molar-refractivity contribution is 5.85. The van der Waals surface area contributed by atoms with E-state index < -0.39 is 6.10 Å². The third kappa shape index (κ3) is 2.97. The normalized spacial score (nSPS) is 30.5. The lowest BCUT2D eigenvalue weighted by Crippen LogP contribution is -2.51. The Kier molecular flexibility index (Phi) is 5.20. The van der Waals surface area contributed by atoms with Crippen LogP contribution in [0.2, 0.25) is 0 Å². The van der Waals surface area contributed by atoms with Crippen molar-refractivity contribution in [3.05, 3.63) is 0 Å². The summed E-state index contributed by atoms with van der Waals surface area (Å²) in [6.45, 7) is 1.58. The van der Waals surface area contributed by atoms with E-state index in [2.05, 4.69) is 5.32 Å². The van der Waals surface area contributed by atoms with Gasteiger partial charge in [0.05, 0.1) is 12.1 Å². The first kappa shape index (κ1) is 11.7. The van der Waals surface area contributed by atoms with Gasteiger partial charge in [0, 0.05) is 6.54 Å². The van der Waals surface area contributed by atoms with Crippen LogP contribution in [-0.2, 0) is 4.79 Å². The fourth-order valence-corrected chi connectivity index (χ4v) is 1.37. The van der Waals surface area contributed by atoms with Gasteiger partial charge in [0.1, 0.15) is 0 Å². The molecule has 2 N–H and O–H groups in total. The summed E-state index contributed by atoms with van der Waals surface area (Å²) in [5.41, 5.74) is 0. The van der Waals surface area contributed by atoms with Crippen molar-refractivity contribution in [2.75, 3.05) is 20.1 Å². The molecule has 0 aromatic rings. The molecule has 0 bridgehead atoms. The molecule has 0 saturated carbocycles. The number of halogens is 1. The molecule has 1 fully saturated rings. The number of likely N-dealkylation sites (tertiary alicyclic amines) is 1. The molecule has 72 valence electrons. The summed E-state index contributed by atoms with van der Waals surface area (Å²) in [7, 11) is 1.96. The Labute approximate surface area is 78.3 Å². The number of hydrogen-bond donors (Lipinski definition) is 2. The largest absolute Gasteiger partial charge is 0.390 e. The number of nitrogens with zero attached hydrogens (tertiary/aromatic N) is 1. The Balaban J connectivity index is 0.00000121. The predicted molar refractivity (Wildman–Crippen MR) is 48.4 cm³/mol. The number of aliphatic hydroxyl groups excluding tert-OH is 1. The number of hydrogen-bond acceptors (Lipinski definition) is 3. The summed E-state index contributed by atoms with van der Waals surface area (Å²) < 4.78 is 0. The van der Waals surface area contributed by atoms with E-state index in [1.54, 1.807) is 0 Å². The first-order valence-corrected chi connectivity index (χ1v) is 3.80. The average Bonchev–Trinajstić information content (AvgIpc) is 1.95. The number of carbonyl (C=O) groups is 1. The lowest BCUT2D eigenvalue weighted by Gasteiger charge is -2.33. The minimum Gasteiger partial charge on any atom is -0.390 e. The summed E-state index contributed by atoms with van der Waals surface area (Å²) >= 11 is 0. The van der Waals surface area contributed by atoms with Crippen LogP contribution in [-0.4, -0.2) is 48.7 Å². The molecule has 1 rings (SSSR count). The summed E-state index contributed by atoms with van der Waals surface area (Å²) in [5, 5.41) is 12.0. The van der Waals surface area contributed by atoms with E-state index in [4.69, 9.17) is 0 Å². The minimum atomic E-state index is -0.418. The molecule has 12 heavy (non-hydrogen) atoms. The molecule has 1 aliphatic rings. The van der Waals surface area contributed by atoms with Crippen molar-refractivity contribution >= 4 is 18.8 Å². The maximum atomic E-state index is 10.1. The van der Waals surface area contributed by atoms with Crippen LogP contribution in [0.25, 0.3) is 0 Å². The number of carbonyl (C=O) groups excluding carboxylic acids is 1. The smallest absolute Gasteiger partial charge is 0.207 e. The molecule has 2 atom stereocenters. The van der Waals surface area contributed by atoms with Crippen LogP contribution in [0.5, 0.6) is 0 Å². The fourth-order valence-electron chi connectivity index (χ4n) is 1.37. The van der Waals surface area contributed by atoms with Crippen LogP contribution in [0.15, 0.2) is 0 Å². The molecule has 1 heterocycles. The Morgan fingerprint density at radius 3 is 2.83 bits per heavy atom. The predicted octanol–water partition coefficient (Wildman–Crippen LogP) is -0.781. The van der Waals surface area contributed by atoms with Crippen LogP contribution in [0.4, 0.5) is 0 Å². The first-order valence-electron chi connectivity index (χ1n) is 3.80. The maximum Gasteiger partial charge on any atom is 0.207 e. The molecule has 0 aliphatic carbocycles. The second-order valence-electron chi connectivity index (χ2n) is 3.01. The van der Waals surface area contributed by atoms with E-state index >= 15 is 0 Å². The molecule has 5 heteroatoms. The molecular formula is C7H15ClN2O2. The number of likely N-dealkylation sites (N-methyl/N-ethyl adjacent to an activating group) is 1. The van der Waals surface area contributed by atoms with Gasteiger partial charge in [-0.2, -0.15) is 0 Å². The number of nitrogens with one attached hydrogen (secondary N) is 1. The summed E-state index contributed by atoms with van der Waals surface area (Å²) in [4.78, 5) is 12.1. The second-order valence-corrected chi connectivity index (χ2v) is 3.01. The van der Waals surface area contributed by atoms with Gasteiger partial charge in [0.25, 0.3) is 0 Å². The molecular weight excluding hydrogens is 180 g/mol. The van der Waals surface area contributed by atoms with Gasteiger partial charge in [-0.3, -0.25) is 4.79 Å². The summed E-state index contributed by atoms with van der Waals surface area (Å²) in [6, 6.07) is -0.0521. The van der Waals surface area contributed by atoms with Crippen molar-refractivity contribution in [1.29, 1.82) is 0 Å². The summed E-state index contributed by atoms with van der Waals surface area (Å²) in [5.74, 6) is 0. The van der Waals surface area contributed by atoms with E-state index in [0.29, 0.717) is 13.0 Å². The number of aliphatic hydroxyl groups is 1. The SMILES string of the molecule is CN1CCC(NC=O)[C@@H](O)C1.Cl. The van der Waals surface area contributed by atoms with E-state index in [-0.39, 0.29) is 18.4 Å². The zero-order chi connectivity index (χ0) is 8.27. The van der Waals surface area contributed by atoms with Crippen molar-refractivity contribution in [3.8, 4) is 0 Å². The molecule has 4 nitrogen and oxygen atoms in total. The van der Waals surface area contributed by atoms with Crippen LogP contribution >= 0.6 is 12.4 Å². The van der Waals surface area contributed by atoms with Crippen molar-refractivity contribution in [2.24, 2.45) is 0 Å². The van der Waals surface area contributed by atoms with Gasteiger partial charge in [0.2, 0.25) is 6.41 Å². The van der Waals surface area contributed by atoms with E-state index in [0.717, 1.165) is 13.0 Å². The molecule has 1 saturated heterocycles. The van der Waals surface area contributed by atoms with Crippen LogP contribution in [0, 0.1) is 0 Å². The van der Waals surface area contributed by atoms with Crippen molar-refractivity contribution in [1.82, 2.24) is 10.2 Å². The highest BCUT2D eigenvalue weighted by Crippen LogP contribution is 2.08. The van der Waals surface area contributed by atoms with Crippen LogP contribution in [0.1, 0.15) is 6.42 Å². The Morgan fingerprint density at radius 2 is 2.33 bits per heavy atom. The highest BCUT2D eigenvalue weighted by atomic mass is 35.5. The van der Waals surface area contributed by atoms with E-state index in [1.165, 1.54) is 0 Å². The van der Waals surface area contributed by atoms with Crippen molar-refractivity contribution < 1.29 is 9.90 Å². The number of β-amino-alcohol motifs (C(OH)–C–C–N with tert-alkyl or cyclic N) is 1. The Bertz CT molecular complexity index is 145. The monoisotopic (exact) mass is 194 g/mol. The number of piperidine rings is 1. The van der Waals surface area contributed by atoms with Gasteiger partial charge in [-0.05, 0) is 20.0 Å². The zero-order valence-electron chi connectivity index (χ0n) is 7.06. The standard InChI is InChI=1S/C7H14N2O2.ClH/c1-9-3-2-6(8-5-10)7(11)4-9;/h5-7,11H,2-4H2,1H3,(H,8,10);1H/t6?,7-;/m0./s1. The van der Waals surface area contributed by atoms with Crippen LogP contribution in [0.3, 0.4) is 0 Å². The molecule has 0 aromatic heterocycles. The topological polar surface area (TPSA) is 52.6 Å². The van der Waals surface area contributed by atoms with Gasteiger partial charge in [-0.1, -0.05) is 0 Å². The van der Waals surface area contributed by atoms with Crippen molar-refractivity contribution in [2.45, 2.75) is 18.6 Å². The number of amides is 1. The third-order valence-electron chi connectivity index (χ3n) is 2.07. The molecule has 1 unspecified atom stereocenters. The third-order valence-corrected chi connectivity index (χ3v) is 2.07. The lowest BCUT2D eigenvalue weighted by atomic mass is 10.0. The molecule has 1 amide bonds. The second kappa shape index (κ2) is 5.35. The molecule has 0 spiro atoms. The molecule has 1 aliphatic heterocycles. The maximum absolute atomic E-state index is 10.1. The van der Waals surface area contributed by atoms with Gasteiger partial charge in [-0.25, -0.2) is 0 Å². The fraction of sp³-hybridized carbons (Fsp3) is 0.857. The quantitative estimate of drug-likeness (QED) is 0.567. The summed E-state index contributed by atoms with van der Waals surface area (Å²) in [6.07, 6.45) is 1.06. The van der Waals surface area contributed by atoms with Gasteiger partial charge < -0.3 is 15.3 Å². The van der Waals surface area contributed by atoms with Crippen LogP contribution < -0.4 is 5.32 Å². The minimum absolute atomic E-state index is 0. The molecule has 0 radical (unpaired) electrons. The lowest BCUT2D eigenvalue weighted by molar-refractivity contribution is -0.111.